The van der Waals surface area contributed by atoms with Crippen molar-refractivity contribution in [3.05, 3.63) is 60.8 Å². The van der Waals surface area contributed by atoms with Crippen molar-refractivity contribution in [3.8, 4) is 0 Å². The maximum Gasteiger partial charge on any atom is 0.306 e. The summed E-state index contributed by atoms with van der Waals surface area (Å²) in [6, 6.07) is 0. The molecule has 0 aromatic carbocycles. The molecule has 0 aromatic heterocycles. The molecule has 0 amide bonds. The van der Waals surface area contributed by atoms with Crippen molar-refractivity contribution in [3.63, 3.8) is 0 Å². The normalized spacial score (nSPS) is 12.5. The molecule has 0 N–H and O–H groups in total. The highest BCUT2D eigenvalue weighted by Gasteiger charge is 2.19. The number of rotatable bonds is 49. The third kappa shape index (κ3) is 50.1. The van der Waals surface area contributed by atoms with E-state index < -0.39 is 6.10 Å². The Hall–Kier alpha value is -2.89. The molecule has 0 bridgehead atoms. The van der Waals surface area contributed by atoms with Gasteiger partial charge in [0.25, 0.3) is 0 Å². The van der Waals surface area contributed by atoms with Crippen LogP contribution in [0.4, 0.5) is 0 Å². The van der Waals surface area contributed by atoms with Crippen molar-refractivity contribution in [2.45, 2.75) is 277 Å². The van der Waals surface area contributed by atoms with E-state index in [-0.39, 0.29) is 31.1 Å². The first-order valence-corrected chi connectivity index (χ1v) is 27.3. The molecule has 1 unspecified atom stereocenters. The average Bonchev–Trinajstić information content (AvgIpc) is 3.29. The Bertz CT molecular complexity index is 1170. The summed E-state index contributed by atoms with van der Waals surface area (Å²) in [6.07, 6.45) is 65.0. The second-order valence-corrected chi connectivity index (χ2v) is 18.2. The van der Waals surface area contributed by atoms with Gasteiger partial charge in [-0.1, -0.05) is 248 Å². The molecule has 0 spiro atoms. The first-order chi connectivity index (χ1) is 31.5. The van der Waals surface area contributed by atoms with Gasteiger partial charge in [0.15, 0.2) is 6.10 Å². The molecule has 0 saturated heterocycles. The van der Waals surface area contributed by atoms with Crippen LogP contribution in [0.5, 0.6) is 0 Å². The van der Waals surface area contributed by atoms with Gasteiger partial charge >= 0.3 is 17.9 Å². The summed E-state index contributed by atoms with van der Waals surface area (Å²) in [4.78, 5) is 38.0. The van der Waals surface area contributed by atoms with Gasteiger partial charge in [-0.15, -0.1) is 0 Å². The fraction of sp³-hybridized carbons (Fsp3) is 0.776. The molecule has 6 heteroatoms. The van der Waals surface area contributed by atoms with Crippen LogP contribution in [0.1, 0.15) is 271 Å². The van der Waals surface area contributed by atoms with Crippen molar-refractivity contribution >= 4 is 17.9 Å². The smallest absolute Gasteiger partial charge is 0.306 e. The molecule has 370 valence electrons. The molecule has 6 nitrogen and oxygen atoms in total. The average molecular weight is 895 g/mol. The summed E-state index contributed by atoms with van der Waals surface area (Å²) in [5.74, 6) is -0.928. The Kier molecular flexibility index (Phi) is 50.4. The molecule has 64 heavy (non-hydrogen) atoms. The topological polar surface area (TPSA) is 78.9 Å². The molecular weight excluding hydrogens is 793 g/mol. The lowest BCUT2D eigenvalue weighted by molar-refractivity contribution is -0.167. The van der Waals surface area contributed by atoms with Gasteiger partial charge in [0.05, 0.1) is 0 Å². The minimum Gasteiger partial charge on any atom is -0.462 e. The van der Waals surface area contributed by atoms with Crippen LogP contribution in [0, 0.1) is 0 Å². The van der Waals surface area contributed by atoms with E-state index in [0.717, 1.165) is 83.5 Å². The summed E-state index contributed by atoms with van der Waals surface area (Å²) >= 11 is 0. The summed E-state index contributed by atoms with van der Waals surface area (Å²) in [5, 5.41) is 0. The monoisotopic (exact) mass is 895 g/mol. The predicted molar refractivity (Wildman–Crippen MR) is 275 cm³/mol. The third-order valence-corrected chi connectivity index (χ3v) is 11.9. The van der Waals surface area contributed by atoms with E-state index in [0.29, 0.717) is 19.3 Å². The lowest BCUT2D eigenvalue weighted by Crippen LogP contribution is -2.30. The summed E-state index contributed by atoms with van der Waals surface area (Å²) in [6.45, 7) is 6.48. The van der Waals surface area contributed by atoms with Crippen LogP contribution < -0.4 is 0 Å². The number of carbonyl (C=O) groups excluding carboxylic acids is 3. The molecule has 0 aromatic rings. The fourth-order valence-corrected chi connectivity index (χ4v) is 7.74. The van der Waals surface area contributed by atoms with Crippen LogP contribution in [-0.4, -0.2) is 37.2 Å². The van der Waals surface area contributed by atoms with Gasteiger partial charge in [0.1, 0.15) is 13.2 Å². The quantitative estimate of drug-likeness (QED) is 0.0199. The Labute approximate surface area is 396 Å². The van der Waals surface area contributed by atoms with Gasteiger partial charge in [-0.25, -0.2) is 0 Å². The lowest BCUT2D eigenvalue weighted by Gasteiger charge is -2.18. The zero-order valence-electron chi connectivity index (χ0n) is 42.3. The fourth-order valence-electron chi connectivity index (χ4n) is 7.74. The third-order valence-electron chi connectivity index (χ3n) is 11.9. The molecule has 0 radical (unpaired) electrons. The highest BCUT2D eigenvalue weighted by atomic mass is 16.6. The van der Waals surface area contributed by atoms with Crippen LogP contribution in [0.15, 0.2) is 60.8 Å². The summed E-state index contributed by atoms with van der Waals surface area (Å²) in [5.41, 5.74) is 0. The Morgan fingerprint density at radius 1 is 0.328 bits per heavy atom. The largest absolute Gasteiger partial charge is 0.462 e. The minimum atomic E-state index is -0.792. The van der Waals surface area contributed by atoms with E-state index in [1.54, 1.807) is 0 Å². The first kappa shape index (κ1) is 61.1. The SMILES string of the molecule is CC\C=C/C=C\C=C/C=C\CCCCCC(=O)OCC(COC(=O)CCCCCCCCCCCCCCCCCCC)OC(=O)CCCCCCC/C=C\CCCCCCCCC. The predicted octanol–water partition coefficient (Wildman–Crippen LogP) is 18.0. The van der Waals surface area contributed by atoms with Crippen LogP contribution in [0.2, 0.25) is 0 Å². The van der Waals surface area contributed by atoms with E-state index in [2.05, 4.69) is 51.2 Å². The van der Waals surface area contributed by atoms with E-state index in [1.807, 2.05) is 30.4 Å². The van der Waals surface area contributed by atoms with Crippen LogP contribution in [-0.2, 0) is 28.6 Å². The van der Waals surface area contributed by atoms with Crippen molar-refractivity contribution in [1.29, 1.82) is 0 Å². The number of hydrogen-bond acceptors (Lipinski definition) is 6. The molecular formula is C58H102O6. The van der Waals surface area contributed by atoms with Crippen molar-refractivity contribution in [2.75, 3.05) is 13.2 Å². The second-order valence-electron chi connectivity index (χ2n) is 18.2. The van der Waals surface area contributed by atoms with Crippen LogP contribution in [0.3, 0.4) is 0 Å². The van der Waals surface area contributed by atoms with Gasteiger partial charge < -0.3 is 14.2 Å². The number of ether oxygens (including phenoxy) is 3. The highest BCUT2D eigenvalue weighted by molar-refractivity contribution is 5.71. The van der Waals surface area contributed by atoms with Gasteiger partial charge in [-0.05, 0) is 64.2 Å². The molecule has 0 aliphatic rings. The van der Waals surface area contributed by atoms with Crippen LogP contribution >= 0.6 is 0 Å². The highest BCUT2D eigenvalue weighted by Crippen LogP contribution is 2.16. The maximum absolute atomic E-state index is 12.8. The molecule has 0 rings (SSSR count). The number of allylic oxidation sites excluding steroid dienone is 10. The molecule has 0 saturated carbocycles. The van der Waals surface area contributed by atoms with Gasteiger partial charge in [0, 0.05) is 19.3 Å². The van der Waals surface area contributed by atoms with Crippen molar-refractivity contribution in [2.24, 2.45) is 0 Å². The van der Waals surface area contributed by atoms with Crippen molar-refractivity contribution in [1.82, 2.24) is 0 Å². The van der Waals surface area contributed by atoms with E-state index in [1.165, 1.54) is 148 Å². The zero-order valence-corrected chi connectivity index (χ0v) is 42.3. The molecule has 0 heterocycles. The van der Waals surface area contributed by atoms with Crippen molar-refractivity contribution < 1.29 is 28.6 Å². The standard InChI is InChI=1S/C58H102O6/c1-4-7-10-13-16-19-22-25-27-29-31-33-36-39-42-45-48-51-57(60)63-54-55(53-62-56(59)50-47-44-41-38-35-32-24-21-18-15-12-9-6-3)64-58(61)52-49-46-43-40-37-34-30-28-26-23-20-17-14-11-8-5-2/h9,12,15,18,21,24,28,30,32,35,55H,4-8,10-11,13-14,16-17,19-20,22-23,25-27,29,31,33-34,36-54H2,1-3H3/b12-9-,18-15-,24-21-,30-28-,35-32-. The number of carbonyl (C=O) groups is 3. The second kappa shape index (κ2) is 52.7. The number of unbranched alkanes of at least 4 members (excludes halogenated alkanes) is 31. The number of esters is 3. The lowest BCUT2D eigenvalue weighted by atomic mass is 10.0. The van der Waals surface area contributed by atoms with Gasteiger partial charge in [0.2, 0.25) is 0 Å². The van der Waals surface area contributed by atoms with Crippen LogP contribution in [0.25, 0.3) is 0 Å². The summed E-state index contributed by atoms with van der Waals surface area (Å²) < 4.78 is 16.8. The summed E-state index contributed by atoms with van der Waals surface area (Å²) in [7, 11) is 0. The number of hydrogen-bond donors (Lipinski definition) is 0. The Balaban J connectivity index is 4.40. The Morgan fingerprint density at radius 3 is 1.02 bits per heavy atom. The first-order valence-electron chi connectivity index (χ1n) is 27.3. The molecule has 0 fully saturated rings. The molecule has 0 aliphatic heterocycles. The minimum absolute atomic E-state index is 0.0880. The van der Waals surface area contributed by atoms with E-state index in [9.17, 15) is 14.4 Å². The zero-order chi connectivity index (χ0) is 46.5. The van der Waals surface area contributed by atoms with Gasteiger partial charge in [-0.3, -0.25) is 14.4 Å². The van der Waals surface area contributed by atoms with E-state index in [4.69, 9.17) is 14.2 Å². The van der Waals surface area contributed by atoms with E-state index >= 15 is 0 Å². The molecule has 1 atom stereocenters. The maximum atomic E-state index is 12.8. The molecule has 0 aliphatic carbocycles. The Morgan fingerprint density at radius 2 is 0.625 bits per heavy atom. The van der Waals surface area contributed by atoms with Gasteiger partial charge in [-0.2, -0.15) is 0 Å².